The van der Waals surface area contributed by atoms with Gasteiger partial charge in [-0.3, -0.25) is 9.56 Å². The molecule has 1 atom stereocenters. The van der Waals surface area contributed by atoms with E-state index < -0.39 is 18.3 Å². The number of nitrogens with zero attached hydrogens (tertiary/aromatic N) is 3. The van der Waals surface area contributed by atoms with Crippen LogP contribution in [0.5, 0.6) is 5.88 Å². The van der Waals surface area contributed by atoms with Gasteiger partial charge in [0.15, 0.2) is 0 Å². The number of benzene rings is 2. The van der Waals surface area contributed by atoms with Crippen molar-refractivity contribution in [3.8, 4) is 11.9 Å². The third-order valence-corrected chi connectivity index (χ3v) is 4.99. The average molecular weight is 407 g/mol. The number of aromatic amines is 1. The van der Waals surface area contributed by atoms with Crippen LogP contribution in [0.3, 0.4) is 0 Å². The number of aliphatic hydroxyl groups excluding tert-OH is 1. The number of aliphatic hydroxyl groups is 1. The second-order valence-electron chi connectivity index (χ2n) is 6.49. The van der Waals surface area contributed by atoms with Gasteiger partial charge in [0.05, 0.1) is 30.0 Å². The Hall–Kier alpha value is -3.60. The number of nitrogens with one attached hydrogen (secondary N) is 1. The lowest BCUT2D eigenvalue weighted by Crippen LogP contribution is -2.25. The molecule has 4 rings (SSSR count). The molecular formula is C21H15ClN4O3. The van der Waals surface area contributed by atoms with Crippen LogP contribution in [0, 0.1) is 11.3 Å². The molecule has 0 saturated carbocycles. The fourth-order valence-electron chi connectivity index (χ4n) is 3.30. The number of rotatable bonds is 4. The number of aromatic nitrogens is 2. The molecule has 3 aromatic rings. The van der Waals surface area contributed by atoms with Gasteiger partial charge in [-0.25, -0.2) is 4.79 Å². The molecule has 0 fully saturated rings. The van der Waals surface area contributed by atoms with E-state index in [1.165, 1.54) is 0 Å². The lowest BCUT2D eigenvalue weighted by Gasteiger charge is -2.16. The molecule has 1 aromatic heterocycles. The van der Waals surface area contributed by atoms with Crippen LogP contribution in [0.2, 0.25) is 5.02 Å². The van der Waals surface area contributed by atoms with Gasteiger partial charge in [-0.15, -0.1) is 0 Å². The van der Waals surface area contributed by atoms with E-state index in [-0.39, 0.29) is 11.6 Å². The van der Waals surface area contributed by atoms with Gasteiger partial charge in [0.2, 0.25) is 5.88 Å². The zero-order valence-electron chi connectivity index (χ0n) is 15.0. The molecule has 1 aliphatic heterocycles. The molecule has 8 heteroatoms. The molecule has 2 aromatic carbocycles. The van der Waals surface area contributed by atoms with Gasteiger partial charge in [-0.1, -0.05) is 29.8 Å². The van der Waals surface area contributed by atoms with E-state index in [4.69, 9.17) is 16.9 Å². The molecule has 0 unspecified atom stereocenters. The maximum Gasteiger partial charge on any atom is 0.329 e. The number of imidazole rings is 1. The third kappa shape index (κ3) is 3.36. The number of aliphatic imine (C=N–C) groups is 1. The summed E-state index contributed by atoms with van der Waals surface area (Å²) in [7, 11) is 0. The summed E-state index contributed by atoms with van der Waals surface area (Å²) in [5.41, 5.74) is 2.92. The van der Waals surface area contributed by atoms with E-state index in [0.717, 1.165) is 10.1 Å². The standard InChI is InChI=1S/C21H15ClN4O3/c22-15-5-6-16-14(10-24-17(16)8-15)7-18-20(28)26(21(29)25-18)19(11-27)13-3-1-12(9-23)2-4-13/h1-8,10,19,27-28H,11H2,(H,25,29)/b14-7+/t19-/m1/s1. The minimum atomic E-state index is -0.804. The Bertz CT molecular complexity index is 1250. The lowest BCUT2D eigenvalue weighted by atomic mass is 10.1. The molecule has 0 bridgehead atoms. The van der Waals surface area contributed by atoms with Gasteiger partial charge in [-0.2, -0.15) is 5.26 Å². The van der Waals surface area contributed by atoms with Crippen molar-refractivity contribution in [3.05, 3.63) is 80.4 Å². The summed E-state index contributed by atoms with van der Waals surface area (Å²) >= 11 is 5.98. The van der Waals surface area contributed by atoms with E-state index >= 15 is 0 Å². The molecule has 7 nitrogen and oxygen atoms in total. The van der Waals surface area contributed by atoms with Crippen LogP contribution >= 0.6 is 11.6 Å². The fraction of sp³-hybridized carbons (Fsp3) is 0.0952. The average Bonchev–Trinajstić information content (AvgIpc) is 3.24. The van der Waals surface area contributed by atoms with E-state index in [1.807, 2.05) is 12.1 Å². The molecule has 2 heterocycles. The van der Waals surface area contributed by atoms with Gasteiger partial charge in [-0.05, 0) is 35.9 Å². The molecule has 144 valence electrons. The van der Waals surface area contributed by atoms with Crippen molar-refractivity contribution in [1.29, 1.82) is 5.26 Å². The summed E-state index contributed by atoms with van der Waals surface area (Å²) in [6, 6.07) is 13.0. The Balaban J connectivity index is 1.75. The van der Waals surface area contributed by atoms with Crippen molar-refractivity contribution in [2.45, 2.75) is 6.04 Å². The maximum absolute atomic E-state index is 12.5. The number of fused-ring (bicyclic) bond motifs is 1. The summed E-state index contributed by atoms with van der Waals surface area (Å²) in [5, 5.41) is 30.0. The first-order chi connectivity index (χ1) is 14.0. The molecule has 29 heavy (non-hydrogen) atoms. The zero-order chi connectivity index (χ0) is 20.5. The van der Waals surface area contributed by atoms with Crippen molar-refractivity contribution in [2.75, 3.05) is 6.61 Å². The Morgan fingerprint density at radius 2 is 2.03 bits per heavy atom. The SMILES string of the molecule is N#Cc1ccc([C@@H](CO)n2c(O)c(/C=C3\C=Nc4cc(Cl)ccc43)[nH]c2=O)cc1. The lowest BCUT2D eigenvalue weighted by molar-refractivity contribution is 0.237. The first-order valence-electron chi connectivity index (χ1n) is 8.72. The van der Waals surface area contributed by atoms with Gasteiger partial charge in [0.1, 0.15) is 5.69 Å². The van der Waals surface area contributed by atoms with E-state index in [0.29, 0.717) is 27.4 Å². The molecule has 0 radical (unpaired) electrons. The predicted molar refractivity (Wildman–Crippen MR) is 111 cm³/mol. The van der Waals surface area contributed by atoms with Gasteiger partial charge in [0, 0.05) is 22.4 Å². The van der Waals surface area contributed by atoms with E-state index in [1.54, 1.807) is 48.7 Å². The van der Waals surface area contributed by atoms with Gasteiger partial charge >= 0.3 is 5.69 Å². The second-order valence-corrected chi connectivity index (χ2v) is 6.93. The molecule has 3 N–H and O–H groups in total. The summed E-state index contributed by atoms with van der Waals surface area (Å²) in [6.45, 7) is -0.407. The monoisotopic (exact) mass is 406 g/mol. The highest BCUT2D eigenvalue weighted by Crippen LogP contribution is 2.35. The molecule has 0 spiro atoms. The quantitative estimate of drug-likeness (QED) is 0.616. The number of allylic oxidation sites excluding steroid dienone is 1. The second kappa shape index (κ2) is 7.43. The summed E-state index contributed by atoms with van der Waals surface area (Å²) < 4.78 is 1.09. The van der Waals surface area contributed by atoms with Crippen LogP contribution in [-0.4, -0.2) is 32.6 Å². The Morgan fingerprint density at radius 1 is 1.28 bits per heavy atom. The van der Waals surface area contributed by atoms with Crippen molar-refractivity contribution in [3.63, 3.8) is 0 Å². The van der Waals surface area contributed by atoms with Crippen molar-refractivity contribution in [2.24, 2.45) is 4.99 Å². The van der Waals surface area contributed by atoms with Crippen LogP contribution in [0.25, 0.3) is 11.6 Å². The Morgan fingerprint density at radius 3 is 2.72 bits per heavy atom. The van der Waals surface area contributed by atoms with E-state index in [9.17, 15) is 15.0 Å². The van der Waals surface area contributed by atoms with Crippen LogP contribution < -0.4 is 5.69 Å². The summed E-state index contributed by atoms with van der Waals surface area (Å²) in [5.74, 6) is -0.304. The molecule has 1 aliphatic rings. The van der Waals surface area contributed by atoms with Crippen molar-refractivity contribution >= 4 is 35.2 Å². The highest BCUT2D eigenvalue weighted by atomic mass is 35.5. The van der Waals surface area contributed by atoms with Gasteiger partial charge < -0.3 is 15.2 Å². The van der Waals surface area contributed by atoms with Crippen molar-refractivity contribution < 1.29 is 10.2 Å². The smallest absolute Gasteiger partial charge is 0.329 e. The minimum Gasteiger partial charge on any atom is -0.493 e. The normalized spacial score (nSPS) is 14.7. The number of hydrogen-bond acceptors (Lipinski definition) is 5. The molecular weight excluding hydrogens is 392 g/mol. The minimum absolute atomic E-state index is 0.200. The highest BCUT2D eigenvalue weighted by Gasteiger charge is 2.22. The number of H-pyrrole nitrogens is 1. The predicted octanol–water partition coefficient (Wildman–Crippen LogP) is 3.25. The Labute approximate surface area is 170 Å². The highest BCUT2D eigenvalue weighted by molar-refractivity contribution is 6.31. The summed E-state index contributed by atoms with van der Waals surface area (Å²) in [4.78, 5) is 19.4. The van der Waals surface area contributed by atoms with Gasteiger partial charge in [0.25, 0.3) is 0 Å². The number of aromatic hydroxyl groups is 1. The van der Waals surface area contributed by atoms with Crippen LogP contribution in [0.4, 0.5) is 5.69 Å². The van der Waals surface area contributed by atoms with E-state index in [2.05, 4.69) is 9.98 Å². The number of hydrogen-bond donors (Lipinski definition) is 3. The third-order valence-electron chi connectivity index (χ3n) is 4.75. The maximum atomic E-state index is 12.5. The van der Waals surface area contributed by atoms with Crippen LogP contribution in [-0.2, 0) is 0 Å². The largest absolute Gasteiger partial charge is 0.493 e. The van der Waals surface area contributed by atoms with Crippen LogP contribution in [0.15, 0.2) is 52.3 Å². The summed E-state index contributed by atoms with van der Waals surface area (Å²) in [6.07, 6.45) is 3.24. The molecule has 0 aliphatic carbocycles. The van der Waals surface area contributed by atoms with Crippen LogP contribution in [0.1, 0.15) is 28.4 Å². The first kappa shape index (κ1) is 18.7. The number of halogens is 1. The Kier molecular flexibility index (Phi) is 4.80. The molecule has 0 amide bonds. The molecule has 0 saturated heterocycles. The first-order valence-corrected chi connectivity index (χ1v) is 9.09. The fourth-order valence-corrected chi connectivity index (χ4v) is 3.46. The topological polar surface area (TPSA) is 114 Å². The number of nitriles is 1. The van der Waals surface area contributed by atoms with Crippen molar-refractivity contribution in [1.82, 2.24) is 9.55 Å². The zero-order valence-corrected chi connectivity index (χ0v) is 15.8.